The lowest BCUT2D eigenvalue weighted by atomic mass is 9.78. The fourth-order valence-electron chi connectivity index (χ4n) is 3.33. The first-order valence-electron chi connectivity index (χ1n) is 9.27. The van der Waals surface area contributed by atoms with E-state index in [0.29, 0.717) is 13.2 Å². The topological polar surface area (TPSA) is 9.23 Å². The van der Waals surface area contributed by atoms with E-state index in [2.05, 4.69) is 43.3 Å². The summed E-state index contributed by atoms with van der Waals surface area (Å²) < 4.78 is 5.61. The van der Waals surface area contributed by atoms with Crippen molar-refractivity contribution >= 4 is 0 Å². The first kappa shape index (κ1) is 18.0. The van der Waals surface area contributed by atoms with Crippen molar-refractivity contribution in [2.75, 3.05) is 6.61 Å². The van der Waals surface area contributed by atoms with Crippen LogP contribution in [0, 0.1) is 5.92 Å². The molecule has 0 aromatic heterocycles. The molecule has 0 amide bonds. The lowest BCUT2D eigenvalue weighted by Gasteiger charge is -2.27. The van der Waals surface area contributed by atoms with Gasteiger partial charge in [-0.25, -0.2) is 0 Å². The van der Waals surface area contributed by atoms with E-state index in [4.69, 9.17) is 4.74 Å². The standard InChI is InChI=1S/C22H32O/c1-3-5-7-8-19-9-13-21(14-10-19)22-15-11-20(12-16-22)18-23-17-6-4-2/h4,6-8,11-12,15-16,19,21H,3,5,9-10,13-14,17-18H2,1-2H3/b6-4+,8-7+/t19-,21-. The molecular weight excluding hydrogens is 280 g/mol. The largest absolute Gasteiger partial charge is 0.373 e. The van der Waals surface area contributed by atoms with Gasteiger partial charge in [0.25, 0.3) is 0 Å². The zero-order chi connectivity index (χ0) is 16.3. The van der Waals surface area contributed by atoms with Gasteiger partial charge in [-0.15, -0.1) is 0 Å². The minimum absolute atomic E-state index is 0.702. The third kappa shape index (κ3) is 6.35. The molecule has 0 bridgehead atoms. The summed E-state index contributed by atoms with van der Waals surface area (Å²) in [4.78, 5) is 0. The van der Waals surface area contributed by atoms with Crippen molar-refractivity contribution in [3.8, 4) is 0 Å². The van der Waals surface area contributed by atoms with E-state index in [0.717, 1.165) is 11.8 Å². The van der Waals surface area contributed by atoms with Gasteiger partial charge < -0.3 is 4.74 Å². The van der Waals surface area contributed by atoms with Crippen molar-refractivity contribution in [3.63, 3.8) is 0 Å². The molecular formula is C22H32O. The zero-order valence-corrected chi connectivity index (χ0v) is 14.8. The lowest BCUT2D eigenvalue weighted by molar-refractivity contribution is 0.148. The number of rotatable bonds is 8. The maximum atomic E-state index is 5.61. The van der Waals surface area contributed by atoms with E-state index < -0.39 is 0 Å². The molecule has 1 aliphatic rings. The van der Waals surface area contributed by atoms with Crippen LogP contribution in [0.15, 0.2) is 48.6 Å². The first-order chi connectivity index (χ1) is 11.3. The van der Waals surface area contributed by atoms with Crippen LogP contribution in [0.3, 0.4) is 0 Å². The third-order valence-corrected chi connectivity index (χ3v) is 4.81. The van der Waals surface area contributed by atoms with Crippen LogP contribution in [0.25, 0.3) is 0 Å². The number of benzene rings is 1. The van der Waals surface area contributed by atoms with Crippen molar-refractivity contribution in [1.82, 2.24) is 0 Å². The minimum atomic E-state index is 0.702. The molecule has 1 nitrogen and oxygen atoms in total. The maximum absolute atomic E-state index is 5.61. The predicted octanol–water partition coefficient (Wildman–Crippen LogP) is 6.41. The van der Waals surface area contributed by atoms with Crippen molar-refractivity contribution in [2.24, 2.45) is 5.92 Å². The highest BCUT2D eigenvalue weighted by molar-refractivity contribution is 5.25. The molecule has 0 N–H and O–H groups in total. The number of hydrogen-bond donors (Lipinski definition) is 0. The fraction of sp³-hybridized carbons (Fsp3) is 0.545. The third-order valence-electron chi connectivity index (χ3n) is 4.81. The molecule has 1 aromatic rings. The predicted molar refractivity (Wildman–Crippen MR) is 99.7 cm³/mol. The van der Waals surface area contributed by atoms with Gasteiger partial charge in [-0.3, -0.25) is 0 Å². The highest BCUT2D eigenvalue weighted by Gasteiger charge is 2.20. The van der Waals surface area contributed by atoms with Gasteiger partial charge in [0.15, 0.2) is 0 Å². The van der Waals surface area contributed by atoms with E-state index >= 15 is 0 Å². The molecule has 23 heavy (non-hydrogen) atoms. The Kier molecular flexibility index (Phi) is 8.17. The van der Waals surface area contributed by atoms with Gasteiger partial charge >= 0.3 is 0 Å². The Morgan fingerprint density at radius 2 is 1.78 bits per heavy atom. The van der Waals surface area contributed by atoms with Gasteiger partial charge in [-0.05, 0) is 62.0 Å². The Morgan fingerprint density at radius 1 is 1.04 bits per heavy atom. The van der Waals surface area contributed by atoms with Gasteiger partial charge in [0.2, 0.25) is 0 Å². The molecule has 1 aromatic carbocycles. The molecule has 126 valence electrons. The summed E-state index contributed by atoms with van der Waals surface area (Å²) in [5.41, 5.74) is 2.78. The first-order valence-corrected chi connectivity index (χ1v) is 9.27. The van der Waals surface area contributed by atoms with Gasteiger partial charge in [0.1, 0.15) is 0 Å². The van der Waals surface area contributed by atoms with Crippen LogP contribution in [0.4, 0.5) is 0 Å². The molecule has 0 atom stereocenters. The Hall–Kier alpha value is -1.34. The number of allylic oxidation sites excluding steroid dienone is 3. The summed E-state index contributed by atoms with van der Waals surface area (Å²) in [5, 5.41) is 0. The molecule has 0 aliphatic heterocycles. The van der Waals surface area contributed by atoms with Crippen LogP contribution in [-0.2, 0) is 11.3 Å². The second kappa shape index (κ2) is 10.4. The molecule has 1 fully saturated rings. The van der Waals surface area contributed by atoms with Gasteiger partial charge in [-0.1, -0.05) is 61.9 Å². The van der Waals surface area contributed by atoms with Crippen LogP contribution >= 0.6 is 0 Å². The van der Waals surface area contributed by atoms with E-state index in [1.807, 2.05) is 19.1 Å². The molecule has 0 saturated heterocycles. The summed E-state index contributed by atoms with van der Waals surface area (Å²) in [7, 11) is 0. The molecule has 2 rings (SSSR count). The summed E-state index contributed by atoms with van der Waals surface area (Å²) in [6, 6.07) is 9.09. The fourth-order valence-corrected chi connectivity index (χ4v) is 3.33. The Morgan fingerprint density at radius 3 is 2.43 bits per heavy atom. The van der Waals surface area contributed by atoms with Crippen LogP contribution < -0.4 is 0 Å². The smallest absolute Gasteiger partial charge is 0.0721 e. The quantitative estimate of drug-likeness (QED) is 0.398. The molecule has 1 aliphatic carbocycles. The molecule has 0 heterocycles. The summed E-state index contributed by atoms with van der Waals surface area (Å²) >= 11 is 0. The highest BCUT2D eigenvalue weighted by atomic mass is 16.5. The van der Waals surface area contributed by atoms with Crippen molar-refractivity contribution in [3.05, 3.63) is 59.7 Å². The molecule has 0 unspecified atom stereocenters. The van der Waals surface area contributed by atoms with Crippen molar-refractivity contribution in [2.45, 2.75) is 64.9 Å². The van der Waals surface area contributed by atoms with Crippen LogP contribution in [0.1, 0.15) is 69.4 Å². The van der Waals surface area contributed by atoms with Crippen LogP contribution in [0.5, 0.6) is 0 Å². The van der Waals surface area contributed by atoms with E-state index in [-0.39, 0.29) is 0 Å². The highest BCUT2D eigenvalue weighted by Crippen LogP contribution is 2.36. The summed E-state index contributed by atoms with van der Waals surface area (Å²) in [6.07, 6.45) is 16.8. The second-order valence-electron chi connectivity index (χ2n) is 6.65. The molecule has 1 heteroatoms. The second-order valence-corrected chi connectivity index (χ2v) is 6.65. The molecule has 1 saturated carbocycles. The minimum Gasteiger partial charge on any atom is -0.373 e. The number of hydrogen-bond acceptors (Lipinski definition) is 1. The van der Waals surface area contributed by atoms with Gasteiger partial charge in [0, 0.05) is 0 Å². The number of ether oxygens (including phenoxy) is 1. The van der Waals surface area contributed by atoms with Crippen LogP contribution in [-0.4, -0.2) is 6.61 Å². The monoisotopic (exact) mass is 312 g/mol. The Labute approximate surface area is 142 Å². The van der Waals surface area contributed by atoms with Crippen molar-refractivity contribution in [1.29, 1.82) is 0 Å². The van der Waals surface area contributed by atoms with Crippen LogP contribution in [0.2, 0.25) is 0 Å². The maximum Gasteiger partial charge on any atom is 0.0721 e. The summed E-state index contributed by atoms with van der Waals surface area (Å²) in [5.74, 6) is 1.57. The normalized spacial score (nSPS) is 22.2. The van der Waals surface area contributed by atoms with E-state index in [9.17, 15) is 0 Å². The van der Waals surface area contributed by atoms with Gasteiger partial charge in [0.05, 0.1) is 13.2 Å². The van der Waals surface area contributed by atoms with Crippen molar-refractivity contribution < 1.29 is 4.74 Å². The SMILES string of the molecule is C/C=C/COCc1ccc([C@H]2CC[C@H](/C=C/CCC)CC2)cc1. The average Bonchev–Trinajstić information content (AvgIpc) is 2.60. The molecule has 0 spiro atoms. The Bertz CT molecular complexity index is 475. The number of unbranched alkanes of at least 4 members (excludes halogenated alkanes) is 1. The zero-order valence-electron chi connectivity index (χ0n) is 14.8. The Balaban J connectivity index is 1.77. The summed E-state index contributed by atoms with van der Waals surface area (Å²) in [6.45, 7) is 5.68. The lowest BCUT2D eigenvalue weighted by Crippen LogP contribution is -2.11. The van der Waals surface area contributed by atoms with Gasteiger partial charge in [-0.2, -0.15) is 0 Å². The van der Waals surface area contributed by atoms with E-state index in [1.165, 1.54) is 49.7 Å². The average molecular weight is 312 g/mol. The van der Waals surface area contributed by atoms with E-state index in [1.54, 1.807) is 0 Å². The molecule has 0 radical (unpaired) electrons.